The van der Waals surface area contributed by atoms with E-state index in [1.807, 2.05) is 121 Å². The summed E-state index contributed by atoms with van der Waals surface area (Å²) in [7, 11) is -15.2. The second-order valence-corrected chi connectivity index (χ2v) is 39.2. The molecule has 11 aromatic rings. The van der Waals surface area contributed by atoms with Crippen molar-refractivity contribution in [2.24, 2.45) is 41.8 Å². The molecule has 0 N–H and O–H groups in total. The molecule has 4 atom stereocenters. The summed E-state index contributed by atoms with van der Waals surface area (Å²) in [6, 6.07) is 57.4. The smallest absolute Gasteiger partial charge is 0.253 e. The van der Waals surface area contributed by atoms with Crippen molar-refractivity contribution >= 4 is 182 Å². The molecule has 4 aliphatic rings. The Bertz CT molecular complexity index is 4500. The Balaban J connectivity index is 0.977. The second kappa shape index (κ2) is 18.6. The number of carbonyl (C=O) groups excluding carboxylic acids is 2. The Morgan fingerprint density at radius 3 is 1.02 bits per heavy atom. The first kappa shape index (κ1) is 53.3. The molecule has 4 bridgehead atoms. The number of ketones is 2. The Morgan fingerprint density at radius 1 is 0.427 bits per heavy atom. The number of Topliss-reactive ketones (excluding diaryl/α,β-unsaturated/α-hetero) is 2. The zero-order valence-corrected chi connectivity index (χ0v) is 52.4. The van der Waals surface area contributed by atoms with Gasteiger partial charge in [0.25, 0.3) is 20.0 Å². The van der Waals surface area contributed by atoms with Crippen LogP contribution in [0.15, 0.2) is 178 Å². The maximum Gasteiger partial charge on any atom is 0.253 e. The Hall–Kier alpha value is -5.40. The Kier molecular flexibility index (Phi) is 12.1. The molecule has 16 heteroatoms. The molecule has 8 nitrogen and oxygen atoms in total. The van der Waals surface area contributed by atoms with Crippen LogP contribution in [-0.4, -0.2) is 39.9 Å². The molecule has 15 rings (SSSR count). The van der Waals surface area contributed by atoms with Gasteiger partial charge < -0.3 is 0 Å². The molecule has 4 unspecified atom stereocenters. The topological polar surface area (TPSA) is 127 Å². The van der Waals surface area contributed by atoms with E-state index in [4.69, 9.17) is 8.30 Å². The molecule has 4 aromatic heterocycles. The molecular weight excluding hydrogens is 1170 g/mol. The first-order valence-corrected chi connectivity index (χ1v) is 38.0. The van der Waals surface area contributed by atoms with Gasteiger partial charge in [0.2, 0.25) is 0 Å². The van der Waals surface area contributed by atoms with E-state index < -0.39 is 55.8 Å². The van der Waals surface area contributed by atoms with Gasteiger partial charge in [-0.3, -0.25) is 9.59 Å². The van der Waals surface area contributed by atoms with Crippen LogP contribution in [0, 0.1) is 33.5 Å². The number of hydrogen-bond donors (Lipinski definition) is 0. The molecular formula is C66H58N2O6P2S6. The normalized spacial score (nSPS) is 22.5. The van der Waals surface area contributed by atoms with Gasteiger partial charge in [0, 0.05) is 94.6 Å². The standard InChI is InChI=1S/C66H58N2O6P2S6/c1-63(2)41-31-33-65(63,55(69)35-41)39-81(71,72)67-75(43-17-9-5-10-18-43,44-19-11-6-12-20-44)57-37-47-49(79-57)25-27-51-59(47)61-53(77-51)29-30-54-62(61)60-48-38-58(80-50(48)26-28-52(60)78-54)76(45-21-13-7-14-22-45,46-23-15-8-16-24-46)68-82(73,74)40-66-34-32-42(36-56(66)70)64(66,3)4/h5-30,37-38,41-42H,31-36,39-40H2,1-4H3. The number of carbonyl (C=O) groups is 2. The lowest BCUT2D eigenvalue weighted by molar-refractivity contribution is -0.128. The number of fused-ring (bicyclic) bond motifs is 15. The van der Waals surface area contributed by atoms with Crippen molar-refractivity contribution in [3.63, 3.8) is 0 Å². The van der Waals surface area contributed by atoms with Crippen LogP contribution < -0.4 is 30.5 Å². The molecule has 0 spiro atoms. The lowest BCUT2D eigenvalue weighted by Crippen LogP contribution is -2.42. The SMILES string of the molecule is CC1(C)C2CCC1(CS(=O)(=O)N=P(c1ccccc1)(c1ccccc1)c1cc3c(ccc4sc5ccc6sc7ccc8sc(P(=NS(=O)(=O)CC9%10CCC(CC9=O)C%10(C)C)(c9ccccc9)c9ccccc9)cc8c7c6c5c43)s1)C(=O)C2. The molecule has 0 radical (unpaired) electrons. The highest BCUT2D eigenvalue weighted by Crippen LogP contribution is 2.66. The van der Waals surface area contributed by atoms with E-state index in [9.17, 15) is 9.59 Å². The van der Waals surface area contributed by atoms with Gasteiger partial charge in [-0.25, -0.2) is 16.8 Å². The molecule has 4 heterocycles. The van der Waals surface area contributed by atoms with Crippen molar-refractivity contribution in [3.8, 4) is 0 Å². The highest BCUT2D eigenvalue weighted by atomic mass is 32.2. The summed E-state index contributed by atoms with van der Waals surface area (Å²) in [5.74, 6) is -0.191. The zero-order valence-electron chi connectivity index (χ0n) is 45.7. The van der Waals surface area contributed by atoms with E-state index in [1.165, 1.54) is 0 Å². The number of hydrogen-bond acceptors (Lipinski definition) is 10. The summed E-state index contributed by atoms with van der Waals surface area (Å²) in [5.41, 5.74) is -2.88. The van der Waals surface area contributed by atoms with Crippen LogP contribution in [0.2, 0.25) is 0 Å². The number of benzene rings is 7. The third kappa shape index (κ3) is 7.53. The van der Waals surface area contributed by atoms with Crippen molar-refractivity contribution in [2.45, 2.75) is 66.2 Å². The van der Waals surface area contributed by atoms with E-state index in [0.29, 0.717) is 25.7 Å². The van der Waals surface area contributed by atoms with Crippen molar-refractivity contribution in [2.75, 3.05) is 11.5 Å². The van der Waals surface area contributed by atoms with Gasteiger partial charge in [0.1, 0.15) is 11.6 Å². The molecule has 7 aromatic carbocycles. The Labute approximate surface area is 493 Å². The maximum atomic E-state index is 15.3. The minimum Gasteiger partial charge on any atom is -0.299 e. The predicted molar refractivity (Wildman–Crippen MR) is 350 cm³/mol. The first-order chi connectivity index (χ1) is 39.3. The average molecular weight is 1230 g/mol. The van der Waals surface area contributed by atoms with Gasteiger partial charge >= 0.3 is 0 Å². The van der Waals surface area contributed by atoms with Crippen LogP contribution in [0.5, 0.6) is 0 Å². The fourth-order valence-electron chi connectivity index (χ4n) is 15.6. The van der Waals surface area contributed by atoms with E-state index in [0.717, 1.165) is 104 Å². The van der Waals surface area contributed by atoms with Crippen molar-refractivity contribution < 1.29 is 26.4 Å². The van der Waals surface area contributed by atoms with E-state index >= 15 is 16.8 Å². The molecule has 414 valence electrons. The minimum atomic E-state index is -4.24. The molecule has 4 aliphatic carbocycles. The van der Waals surface area contributed by atoms with Crippen LogP contribution in [0.3, 0.4) is 0 Å². The van der Waals surface area contributed by atoms with Crippen molar-refractivity contribution in [1.29, 1.82) is 0 Å². The molecule has 82 heavy (non-hydrogen) atoms. The monoisotopic (exact) mass is 1230 g/mol. The molecule has 0 aliphatic heterocycles. The summed E-state index contributed by atoms with van der Waals surface area (Å²) < 4.78 is 80.2. The largest absolute Gasteiger partial charge is 0.299 e. The van der Waals surface area contributed by atoms with Crippen LogP contribution >= 0.6 is 59.5 Å². The van der Waals surface area contributed by atoms with Gasteiger partial charge in [-0.1, -0.05) is 149 Å². The fraction of sp³-hybridized carbons (Fsp3) is 0.273. The van der Waals surface area contributed by atoms with Crippen molar-refractivity contribution in [3.05, 3.63) is 170 Å². The zero-order chi connectivity index (χ0) is 56.4. The van der Waals surface area contributed by atoms with Gasteiger partial charge in [0.05, 0.1) is 45.7 Å². The highest BCUT2D eigenvalue weighted by Gasteiger charge is 2.67. The van der Waals surface area contributed by atoms with Crippen LogP contribution in [-0.2, 0) is 29.6 Å². The quantitative estimate of drug-likeness (QED) is 0.112. The predicted octanol–water partition coefficient (Wildman–Crippen LogP) is 15.3. The van der Waals surface area contributed by atoms with Crippen LogP contribution in [0.25, 0.3) is 60.5 Å². The second-order valence-electron chi connectivity index (χ2n) is 24.4. The van der Waals surface area contributed by atoms with Gasteiger partial charge in [-0.05, 0) is 96.9 Å². The summed E-state index contributed by atoms with van der Waals surface area (Å²) >= 11 is 6.72. The first-order valence-electron chi connectivity index (χ1n) is 28.0. The van der Waals surface area contributed by atoms with E-state index in [2.05, 4.69) is 76.2 Å². The number of thiophene rings is 4. The lowest BCUT2D eigenvalue weighted by Gasteiger charge is -2.36. The minimum absolute atomic E-state index is 0.0488. The molecule has 0 saturated heterocycles. The molecule has 4 saturated carbocycles. The highest BCUT2D eigenvalue weighted by molar-refractivity contribution is 8.01. The number of rotatable bonds is 12. The van der Waals surface area contributed by atoms with Gasteiger partial charge in [-0.15, -0.1) is 45.3 Å². The van der Waals surface area contributed by atoms with Gasteiger partial charge in [0.15, 0.2) is 0 Å². The van der Waals surface area contributed by atoms with E-state index in [-0.39, 0.29) is 34.9 Å². The summed E-state index contributed by atoms with van der Waals surface area (Å²) in [4.78, 5) is 27.9. The van der Waals surface area contributed by atoms with Crippen molar-refractivity contribution in [1.82, 2.24) is 0 Å². The van der Waals surface area contributed by atoms with Gasteiger partial charge in [-0.2, -0.15) is 8.30 Å². The van der Waals surface area contributed by atoms with E-state index in [1.54, 1.807) is 45.3 Å². The van der Waals surface area contributed by atoms with Crippen LogP contribution in [0.1, 0.15) is 66.2 Å². The third-order valence-electron chi connectivity index (χ3n) is 20.2. The number of sulfonamides is 2. The average Bonchev–Trinajstić information content (AvgIpc) is 2.74. The Morgan fingerprint density at radius 2 is 0.732 bits per heavy atom. The summed E-state index contributed by atoms with van der Waals surface area (Å²) in [5, 5.41) is 9.83. The maximum absolute atomic E-state index is 15.3. The fourth-order valence-corrected chi connectivity index (χ4v) is 35.8. The third-order valence-corrected chi connectivity index (χ3v) is 37.7. The molecule has 4 fully saturated rings. The summed E-state index contributed by atoms with van der Waals surface area (Å²) in [6.45, 7) is 8.33. The summed E-state index contributed by atoms with van der Waals surface area (Å²) in [6.07, 6.45) is 3.62. The van der Waals surface area contributed by atoms with Crippen LogP contribution in [0.4, 0.5) is 0 Å². The lowest BCUT2D eigenvalue weighted by atomic mass is 9.70. The number of nitrogens with zero attached hydrogens (tertiary/aromatic N) is 2. The molecule has 0 amide bonds.